The van der Waals surface area contributed by atoms with E-state index in [1.165, 1.54) is 11.1 Å². The van der Waals surface area contributed by atoms with Gasteiger partial charge in [0.05, 0.1) is 5.69 Å². The second-order valence-electron chi connectivity index (χ2n) is 3.90. The van der Waals surface area contributed by atoms with E-state index in [-0.39, 0.29) is 17.9 Å². The lowest BCUT2D eigenvalue weighted by molar-refractivity contribution is 0.178. The number of hydrogen-bond donors (Lipinski definition) is 0. The van der Waals surface area contributed by atoms with Gasteiger partial charge in [-0.05, 0) is 29.8 Å². The number of anilines is 1. The third kappa shape index (κ3) is 2.22. The van der Waals surface area contributed by atoms with Crippen LogP contribution in [-0.4, -0.2) is 27.7 Å². The van der Waals surface area contributed by atoms with Gasteiger partial charge < -0.3 is 4.74 Å². The fraction of sp³-hybridized carbons (Fsp3) is 0.167. The largest absolute Gasteiger partial charge is 0.446 e. The second kappa shape index (κ2) is 4.81. The molecular weight excluding hydrogens is 268 g/mol. The maximum atomic E-state index is 11.8. The Morgan fingerprint density at radius 1 is 1.26 bits per heavy atom. The summed E-state index contributed by atoms with van der Waals surface area (Å²) in [5.41, 5.74) is 0.739. The predicted octanol–water partition coefficient (Wildman–Crippen LogP) is 2.22. The number of pyridine rings is 1. The Balaban J connectivity index is 2.00. The number of nitrogens with zero attached hydrogens (tertiary/aromatic N) is 4. The Morgan fingerprint density at radius 3 is 2.89 bits per heavy atom. The summed E-state index contributed by atoms with van der Waals surface area (Å²) in [6, 6.07) is 6.81. The van der Waals surface area contributed by atoms with E-state index in [4.69, 9.17) is 16.3 Å². The first-order chi connectivity index (χ1) is 9.25. The van der Waals surface area contributed by atoms with Gasteiger partial charge in [0, 0.05) is 12.4 Å². The molecule has 1 amide bonds. The van der Waals surface area contributed by atoms with Gasteiger partial charge >= 0.3 is 6.09 Å². The monoisotopic (exact) mass is 276 g/mol. The van der Waals surface area contributed by atoms with Gasteiger partial charge in [-0.3, -0.25) is 4.98 Å². The number of hydrogen-bond acceptors (Lipinski definition) is 5. The number of amides is 1. The Morgan fingerprint density at radius 2 is 2.16 bits per heavy atom. The number of carbonyl (C=O) groups excluding carboxylic acids is 1. The topological polar surface area (TPSA) is 68.2 Å². The van der Waals surface area contributed by atoms with Crippen LogP contribution >= 0.6 is 11.6 Å². The lowest BCUT2D eigenvalue weighted by Gasteiger charge is -2.19. The molecule has 1 saturated heterocycles. The van der Waals surface area contributed by atoms with Crippen molar-refractivity contribution in [1.29, 1.82) is 0 Å². The molecule has 3 heterocycles. The van der Waals surface area contributed by atoms with Crippen molar-refractivity contribution in [1.82, 2.24) is 15.0 Å². The summed E-state index contributed by atoms with van der Waals surface area (Å²) in [6.45, 7) is 0.234. The summed E-state index contributed by atoms with van der Waals surface area (Å²) in [5, 5.41) is 0.0805. The van der Waals surface area contributed by atoms with Gasteiger partial charge in [0.25, 0.3) is 0 Å². The van der Waals surface area contributed by atoms with Crippen LogP contribution < -0.4 is 4.90 Å². The molecule has 96 valence electrons. The summed E-state index contributed by atoms with van der Waals surface area (Å²) in [6.07, 6.45) is 2.69. The summed E-state index contributed by atoms with van der Waals surface area (Å²) in [4.78, 5) is 25.3. The molecule has 3 rings (SSSR count). The molecule has 1 atom stereocenters. The van der Waals surface area contributed by atoms with Crippen LogP contribution in [0.5, 0.6) is 0 Å². The molecule has 7 heteroatoms. The molecule has 0 spiro atoms. The summed E-state index contributed by atoms with van der Waals surface area (Å²) < 4.78 is 5.07. The third-order valence-electron chi connectivity index (χ3n) is 2.76. The molecule has 0 N–H and O–H groups in total. The number of carbonyl (C=O) groups is 1. The van der Waals surface area contributed by atoms with E-state index in [9.17, 15) is 4.79 Å². The lowest BCUT2D eigenvalue weighted by atomic mass is 10.2. The van der Waals surface area contributed by atoms with Crippen LogP contribution in [0.2, 0.25) is 5.28 Å². The zero-order valence-corrected chi connectivity index (χ0v) is 10.5. The maximum absolute atomic E-state index is 11.8. The SMILES string of the molecule is O=C1OCC(c2ccccn2)N1c1ccnc(Cl)n1. The Labute approximate surface area is 114 Å². The average Bonchev–Trinajstić information content (AvgIpc) is 2.82. The van der Waals surface area contributed by atoms with E-state index in [0.29, 0.717) is 5.82 Å². The van der Waals surface area contributed by atoms with Crippen LogP contribution in [0, 0.1) is 0 Å². The van der Waals surface area contributed by atoms with Crippen molar-refractivity contribution in [3.05, 3.63) is 47.6 Å². The van der Waals surface area contributed by atoms with E-state index in [1.54, 1.807) is 12.3 Å². The van der Waals surface area contributed by atoms with Crippen LogP contribution in [0.1, 0.15) is 11.7 Å². The number of aromatic nitrogens is 3. The van der Waals surface area contributed by atoms with Crippen molar-refractivity contribution in [3.63, 3.8) is 0 Å². The second-order valence-corrected chi connectivity index (χ2v) is 4.24. The number of ether oxygens (including phenoxy) is 1. The van der Waals surface area contributed by atoms with Crippen LogP contribution in [0.25, 0.3) is 0 Å². The van der Waals surface area contributed by atoms with Crippen molar-refractivity contribution in [2.45, 2.75) is 6.04 Å². The van der Waals surface area contributed by atoms with E-state index in [2.05, 4.69) is 15.0 Å². The summed E-state index contributed by atoms with van der Waals surface area (Å²) in [7, 11) is 0. The minimum Gasteiger partial charge on any atom is -0.446 e. The minimum absolute atomic E-state index is 0.0805. The molecule has 0 bridgehead atoms. The van der Waals surface area contributed by atoms with Gasteiger partial charge in [0.15, 0.2) is 0 Å². The van der Waals surface area contributed by atoms with Crippen LogP contribution in [0.4, 0.5) is 10.6 Å². The van der Waals surface area contributed by atoms with Gasteiger partial charge in [-0.1, -0.05) is 6.07 Å². The quantitative estimate of drug-likeness (QED) is 0.787. The van der Waals surface area contributed by atoms with E-state index >= 15 is 0 Å². The minimum atomic E-state index is -0.467. The molecule has 0 aliphatic carbocycles. The van der Waals surface area contributed by atoms with Gasteiger partial charge in [-0.15, -0.1) is 0 Å². The fourth-order valence-corrected chi connectivity index (χ4v) is 2.07. The Hall–Kier alpha value is -2.21. The molecule has 1 aliphatic heterocycles. The van der Waals surface area contributed by atoms with E-state index in [0.717, 1.165) is 5.69 Å². The number of cyclic esters (lactones) is 1. The zero-order chi connectivity index (χ0) is 13.2. The normalized spacial score (nSPS) is 18.5. The first kappa shape index (κ1) is 11.9. The van der Waals surface area contributed by atoms with Crippen molar-refractivity contribution in [3.8, 4) is 0 Å². The molecule has 1 unspecified atom stereocenters. The standard InChI is InChI=1S/C12H9ClN4O2/c13-11-15-6-4-10(16-11)17-9(7-19-12(17)18)8-3-1-2-5-14-8/h1-6,9H,7H2. The van der Waals surface area contributed by atoms with Crippen LogP contribution in [-0.2, 0) is 4.74 Å². The maximum Gasteiger partial charge on any atom is 0.416 e. The van der Waals surface area contributed by atoms with Gasteiger partial charge in [-0.2, -0.15) is 0 Å². The molecular formula is C12H9ClN4O2. The zero-order valence-electron chi connectivity index (χ0n) is 9.73. The molecule has 0 radical (unpaired) electrons. The molecule has 6 nitrogen and oxygen atoms in total. The van der Waals surface area contributed by atoms with Crippen molar-refractivity contribution < 1.29 is 9.53 Å². The first-order valence-electron chi connectivity index (χ1n) is 5.61. The average molecular weight is 277 g/mol. The van der Waals surface area contributed by atoms with Crippen LogP contribution in [0.3, 0.4) is 0 Å². The Kier molecular flexibility index (Phi) is 3.00. The van der Waals surface area contributed by atoms with E-state index < -0.39 is 6.09 Å². The number of rotatable bonds is 2. The molecule has 0 saturated carbocycles. The third-order valence-corrected chi connectivity index (χ3v) is 2.94. The summed E-state index contributed by atoms with van der Waals surface area (Å²) in [5.74, 6) is 0.401. The van der Waals surface area contributed by atoms with Crippen LogP contribution in [0.15, 0.2) is 36.7 Å². The Bertz CT molecular complexity index is 608. The van der Waals surface area contributed by atoms with Crippen molar-refractivity contribution in [2.24, 2.45) is 0 Å². The molecule has 1 fully saturated rings. The first-order valence-corrected chi connectivity index (χ1v) is 5.99. The van der Waals surface area contributed by atoms with Crippen molar-refractivity contribution in [2.75, 3.05) is 11.5 Å². The molecule has 2 aromatic rings. The highest BCUT2D eigenvalue weighted by Gasteiger charge is 2.37. The van der Waals surface area contributed by atoms with Crippen molar-refractivity contribution >= 4 is 23.5 Å². The van der Waals surface area contributed by atoms with Gasteiger partial charge in [-0.25, -0.2) is 19.7 Å². The molecule has 1 aliphatic rings. The summed E-state index contributed by atoms with van der Waals surface area (Å²) >= 11 is 5.75. The lowest BCUT2D eigenvalue weighted by Crippen LogP contribution is -2.28. The molecule has 19 heavy (non-hydrogen) atoms. The van der Waals surface area contributed by atoms with E-state index in [1.807, 2.05) is 18.2 Å². The molecule has 2 aromatic heterocycles. The highest BCUT2D eigenvalue weighted by atomic mass is 35.5. The van der Waals surface area contributed by atoms with Gasteiger partial charge in [0.1, 0.15) is 18.5 Å². The predicted molar refractivity (Wildman–Crippen MR) is 67.8 cm³/mol. The highest BCUT2D eigenvalue weighted by molar-refractivity contribution is 6.28. The molecule has 0 aromatic carbocycles. The number of halogens is 1. The smallest absolute Gasteiger partial charge is 0.416 e. The fourth-order valence-electron chi connectivity index (χ4n) is 1.93. The van der Waals surface area contributed by atoms with Gasteiger partial charge in [0.2, 0.25) is 5.28 Å². The highest BCUT2D eigenvalue weighted by Crippen LogP contribution is 2.30.